The van der Waals surface area contributed by atoms with Crippen LogP contribution in [0.15, 0.2) is 72.8 Å². The summed E-state index contributed by atoms with van der Waals surface area (Å²) in [5.74, 6) is -0.939. The second-order valence-electron chi connectivity index (χ2n) is 7.42. The zero-order valence-corrected chi connectivity index (χ0v) is 17.5. The molecule has 0 atom stereocenters. The number of halogens is 1. The summed E-state index contributed by atoms with van der Waals surface area (Å²) in [7, 11) is 0. The van der Waals surface area contributed by atoms with Gasteiger partial charge in [0.25, 0.3) is 0 Å². The first-order valence-electron chi connectivity index (χ1n) is 9.87. The van der Waals surface area contributed by atoms with E-state index in [4.69, 9.17) is 11.6 Å². The van der Waals surface area contributed by atoms with Crippen molar-refractivity contribution in [3.05, 3.63) is 106 Å². The molecule has 0 saturated heterocycles. The quantitative estimate of drug-likeness (QED) is 0.408. The zero-order chi connectivity index (χ0) is 21.1. The van der Waals surface area contributed by atoms with E-state index in [0.29, 0.717) is 30.4 Å². The molecule has 0 saturated carbocycles. The first-order valence-corrected chi connectivity index (χ1v) is 10.3. The molecule has 1 heterocycles. The smallest absolute Gasteiger partial charge is 0.352 e. The van der Waals surface area contributed by atoms with Crippen molar-refractivity contribution in [2.45, 2.75) is 26.6 Å². The van der Waals surface area contributed by atoms with Crippen LogP contribution >= 0.6 is 11.6 Å². The van der Waals surface area contributed by atoms with Crippen molar-refractivity contribution in [3.63, 3.8) is 0 Å². The van der Waals surface area contributed by atoms with Crippen LogP contribution in [0.5, 0.6) is 0 Å². The Labute approximate surface area is 180 Å². The Kier molecular flexibility index (Phi) is 5.88. The van der Waals surface area contributed by atoms with Crippen molar-refractivity contribution in [3.8, 4) is 0 Å². The highest BCUT2D eigenvalue weighted by atomic mass is 35.5. The molecule has 1 aromatic heterocycles. The second kappa shape index (κ2) is 8.74. The van der Waals surface area contributed by atoms with Gasteiger partial charge >= 0.3 is 5.97 Å². The van der Waals surface area contributed by atoms with Gasteiger partial charge in [0.15, 0.2) is 0 Å². The van der Waals surface area contributed by atoms with Crippen molar-refractivity contribution in [2.75, 3.05) is 0 Å². The van der Waals surface area contributed by atoms with Gasteiger partial charge in [0.1, 0.15) is 5.69 Å². The molecule has 5 heteroatoms. The maximum atomic E-state index is 12.3. The monoisotopic (exact) mass is 418 g/mol. The fourth-order valence-electron chi connectivity index (χ4n) is 3.80. The summed E-state index contributed by atoms with van der Waals surface area (Å²) >= 11 is 6.35. The highest BCUT2D eigenvalue weighted by Crippen LogP contribution is 2.29. The maximum Gasteiger partial charge on any atom is 0.352 e. The molecule has 0 aliphatic heterocycles. The Morgan fingerprint density at radius 1 is 0.967 bits per heavy atom. The van der Waals surface area contributed by atoms with Gasteiger partial charge < -0.3 is 15.0 Å². The molecule has 0 unspecified atom stereocenters. The summed E-state index contributed by atoms with van der Waals surface area (Å²) in [6.45, 7) is 3.60. The highest BCUT2D eigenvalue weighted by molar-refractivity contribution is 6.31. The predicted octanol–water partition coefficient (Wildman–Crippen LogP) is 5.64. The van der Waals surface area contributed by atoms with Gasteiger partial charge in [0, 0.05) is 41.1 Å². The van der Waals surface area contributed by atoms with Gasteiger partial charge in [0.05, 0.1) is 0 Å². The number of hydrogen-bond donors (Lipinski definition) is 2. The van der Waals surface area contributed by atoms with Crippen LogP contribution in [0.1, 0.15) is 32.7 Å². The van der Waals surface area contributed by atoms with Crippen LogP contribution in [-0.2, 0) is 19.6 Å². The molecule has 2 N–H and O–H groups in total. The van der Waals surface area contributed by atoms with Crippen LogP contribution in [0.2, 0.25) is 5.02 Å². The van der Waals surface area contributed by atoms with E-state index in [-0.39, 0.29) is 0 Å². The molecule has 0 aliphatic carbocycles. The summed E-state index contributed by atoms with van der Waals surface area (Å²) in [6.07, 6.45) is 0. The van der Waals surface area contributed by atoms with E-state index in [1.807, 2.05) is 53.1 Å². The first kappa shape index (κ1) is 20.2. The van der Waals surface area contributed by atoms with Gasteiger partial charge in [-0.3, -0.25) is 0 Å². The van der Waals surface area contributed by atoms with Crippen LogP contribution in [-0.4, -0.2) is 15.6 Å². The lowest BCUT2D eigenvalue weighted by molar-refractivity contribution is 0.0685. The second-order valence-corrected chi connectivity index (χ2v) is 7.82. The number of nitrogens with one attached hydrogen (secondary N) is 1. The van der Waals surface area contributed by atoms with Crippen molar-refractivity contribution < 1.29 is 9.90 Å². The summed E-state index contributed by atoms with van der Waals surface area (Å²) in [5.41, 5.74) is 5.25. The van der Waals surface area contributed by atoms with Crippen molar-refractivity contribution in [1.29, 1.82) is 0 Å². The summed E-state index contributed by atoms with van der Waals surface area (Å²) in [5, 5.41) is 15.0. The van der Waals surface area contributed by atoms with Crippen LogP contribution in [0, 0.1) is 6.92 Å². The number of hydrogen-bond acceptors (Lipinski definition) is 2. The molecule has 0 bridgehead atoms. The average Bonchev–Trinajstić information content (AvgIpc) is 3.05. The summed E-state index contributed by atoms with van der Waals surface area (Å²) in [6, 6.07) is 23.7. The van der Waals surface area contributed by atoms with Gasteiger partial charge in [-0.1, -0.05) is 77.8 Å². The van der Waals surface area contributed by atoms with Crippen LogP contribution in [0.25, 0.3) is 10.9 Å². The third-order valence-corrected chi connectivity index (χ3v) is 5.68. The van der Waals surface area contributed by atoms with Gasteiger partial charge in [-0.15, -0.1) is 0 Å². The normalized spacial score (nSPS) is 11.1. The number of carboxylic acids is 1. The molecule has 4 nitrogen and oxygen atoms in total. The van der Waals surface area contributed by atoms with Crippen molar-refractivity contribution in [2.24, 2.45) is 0 Å². The van der Waals surface area contributed by atoms with Crippen LogP contribution in [0.4, 0.5) is 0 Å². The third-order valence-electron chi connectivity index (χ3n) is 5.32. The molecule has 0 amide bonds. The molecule has 0 fully saturated rings. The zero-order valence-electron chi connectivity index (χ0n) is 16.7. The fourth-order valence-corrected chi connectivity index (χ4v) is 3.99. The van der Waals surface area contributed by atoms with Gasteiger partial charge in [-0.05, 0) is 30.2 Å². The largest absolute Gasteiger partial charge is 0.477 e. The number of fused-ring (bicyclic) bond motifs is 1. The molecule has 0 radical (unpaired) electrons. The van der Waals surface area contributed by atoms with Gasteiger partial charge in [-0.25, -0.2) is 4.79 Å². The lowest BCUT2D eigenvalue weighted by Crippen LogP contribution is -2.17. The number of aromatic carboxylic acids is 1. The number of carbonyl (C=O) groups is 1. The number of rotatable bonds is 7. The molecular weight excluding hydrogens is 396 g/mol. The lowest BCUT2D eigenvalue weighted by Gasteiger charge is -2.11. The van der Waals surface area contributed by atoms with Crippen molar-refractivity contribution >= 4 is 28.5 Å². The van der Waals surface area contributed by atoms with Crippen LogP contribution < -0.4 is 5.32 Å². The van der Waals surface area contributed by atoms with E-state index < -0.39 is 5.97 Å². The van der Waals surface area contributed by atoms with E-state index in [1.54, 1.807) is 0 Å². The standard InChI is InChI=1S/C25H23ClN2O2/c1-17-10-12-18(13-11-17)14-27-15-21-20-7-3-5-9-23(20)28(24(21)25(29)30)16-19-6-2-4-8-22(19)26/h2-13,27H,14-16H2,1H3,(H,29,30). The summed E-state index contributed by atoms with van der Waals surface area (Å²) < 4.78 is 1.85. The molecule has 0 spiro atoms. The highest BCUT2D eigenvalue weighted by Gasteiger charge is 2.22. The Morgan fingerprint density at radius 3 is 2.40 bits per heavy atom. The molecular formula is C25H23ClN2O2. The molecule has 4 rings (SSSR count). The Balaban J connectivity index is 1.70. The number of carboxylic acid groups (broad SMARTS) is 1. The first-order chi connectivity index (χ1) is 14.5. The number of para-hydroxylation sites is 1. The number of aromatic nitrogens is 1. The Morgan fingerprint density at radius 2 is 1.67 bits per heavy atom. The number of nitrogens with zero attached hydrogens (tertiary/aromatic N) is 1. The van der Waals surface area contributed by atoms with E-state index in [0.717, 1.165) is 27.6 Å². The number of benzene rings is 3. The topological polar surface area (TPSA) is 54.3 Å². The minimum atomic E-state index is -0.939. The van der Waals surface area contributed by atoms with E-state index in [9.17, 15) is 9.90 Å². The Bertz CT molecular complexity index is 1200. The minimum absolute atomic E-state index is 0.299. The van der Waals surface area contributed by atoms with E-state index in [1.165, 1.54) is 5.56 Å². The average molecular weight is 419 g/mol. The third kappa shape index (κ3) is 4.11. The lowest BCUT2D eigenvalue weighted by atomic mass is 10.1. The van der Waals surface area contributed by atoms with Gasteiger partial charge in [-0.2, -0.15) is 0 Å². The van der Waals surface area contributed by atoms with Crippen molar-refractivity contribution in [1.82, 2.24) is 9.88 Å². The van der Waals surface area contributed by atoms with E-state index >= 15 is 0 Å². The summed E-state index contributed by atoms with van der Waals surface area (Å²) in [4.78, 5) is 12.3. The molecule has 3 aromatic carbocycles. The van der Waals surface area contributed by atoms with Crippen LogP contribution in [0.3, 0.4) is 0 Å². The molecule has 152 valence electrons. The minimum Gasteiger partial charge on any atom is -0.477 e. The predicted molar refractivity (Wildman–Crippen MR) is 121 cm³/mol. The fraction of sp³-hybridized carbons (Fsp3) is 0.160. The maximum absolute atomic E-state index is 12.3. The van der Waals surface area contributed by atoms with Gasteiger partial charge in [0.2, 0.25) is 0 Å². The Hall–Kier alpha value is -3.08. The molecule has 0 aliphatic rings. The number of aryl methyl sites for hydroxylation is 1. The van der Waals surface area contributed by atoms with E-state index in [2.05, 4.69) is 36.5 Å². The molecule has 30 heavy (non-hydrogen) atoms. The SMILES string of the molecule is Cc1ccc(CNCc2c(C(=O)O)n(Cc3ccccc3Cl)c3ccccc23)cc1. The molecule has 4 aromatic rings.